The molecule has 214 valence electrons. The Labute approximate surface area is 233 Å². The summed E-state index contributed by atoms with van der Waals surface area (Å²) in [6.07, 6.45) is 2.36. The summed E-state index contributed by atoms with van der Waals surface area (Å²) < 4.78 is 10.6. The summed E-state index contributed by atoms with van der Waals surface area (Å²) in [7, 11) is 1.54. The van der Waals surface area contributed by atoms with Crippen LogP contribution >= 0.6 is 0 Å². The van der Waals surface area contributed by atoms with Crippen molar-refractivity contribution in [2.45, 2.75) is 57.3 Å². The highest BCUT2D eigenvalue weighted by Gasteiger charge is 2.44. The van der Waals surface area contributed by atoms with Gasteiger partial charge in [0, 0.05) is 24.8 Å². The van der Waals surface area contributed by atoms with Gasteiger partial charge in [-0.25, -0.2) is 9.59 Å². The lowest BCUT2D eigenvalue weighted by Gasteiger charge is -2.34. The number of carbonyl (C=O) groups excluding carboxylic acids is 3. The summed E-state index contributed by atoms with van der Waals surface area (Å²) in [6.45, 7) is 0.175. The molecule has 0 spiro atoms. The highest BCUT2D eigenvalue weighted by atomic mass is 16.6. The number of aliphatic carboxylic acids is 1. The van der Waals surface area contributed by atoms with Gasteiger partial charge in [0.15, 0.2) is 6.17 Å². The number of hydrogen-bond donors (Lipinski definition) is 3. The number of nitrogens with zero attached hydrogens (tertiary/aromatic N) is 2. The molecular formula is C29H36N4O7. The average Bonchev–Trinajstić information content (AvgIpc) is 3.43. The summed E-state index contributed by atoms with van der Waals surface area (Å²) >= 11 is 0. The molecule has 40 heavy (non-hydrogen) atoms. The van der Waals surface area contributed by atoms with Crippen molar-refractivity contribution in [3.05, 3.63) is 60.2 Å². The van der Waals surface area contributed by atoms with Gasteiger partial charge < -0.3 is 25.2 Å². The van der Waals surface area contributed by atoms with Crippen molar-refractivity contribution in [3.63, 3.8) is 0 Å². The number of anilines is 1. The van der Waals surface area contributed by atoms with Gasteiger partial charge in [0.2, 0.25) is 0 Å². The first kappa shape index (κ1) is 28.7. The number of ether oxygens (including phenoxy) is 2. The van der Waals surface area contributed by atoms with Crippen LogP contribution in [0.4, 0.5) is 15.3 Å². The van der Waals surface area contributed by atoms with E-state index in [0.29, 0.717) is 11.4 Å². The lowest BCUT2D eigenvalue weighted by Crippen LogP contribution is -2.57. The van der Waals surface area contributed by atoms with Crippen molar-refractivity contribution in [1.82, 2.24) is 15.1 Å². The maximum atomic E-state index is 13.7. The third-order valence-corrected chi connectivity index (χ3v) is 7.39. The Balaban J connectivity index is 1.52. The minimum atomic E-state index is -1.30. The Morgan fingerprint density at radius 3 is 2.27 bits per heavy atom. The molecule has 1 aliphatic carbocycles. The van der Waals surface area contributed by atoms with Crippen molar-refractivity contribution in [2.75, 3.05) is 25.5 Å². The first-order chi connectivity index (χ1) is 19.4. The third-order valence-electron chi connectivity index (χ3n) is 7.39. The number of carboxylic acids is 1. The topological polar surface area (TPSA) is 138 Å². The molecule has 11 heteroatoms. The molecular weight excluding hydrogens is 516 g/mol. The number of benzene rings is 2. The molecule has 4 rings (SSSR count). The van der Waals surface area contributed by atoms with E-state index < -0.39 is 36.2 Å². The molecule has 2 unspecified atom stereocenters. The van der Waals surface area contributed by atoms with Crippen LogP contribution in [0.25, 0.3) is 0 Å². The Morgan fingerprint density at radius 1 is 0.950 bits per heavy atom. The Hall–Kier alpha value is -4.28. The molecule has 3 N–H and O–H groups in total. The summed E-state index contributed by atoms with van der Waals surface area (Å²) in [6, 6.07) is 14.7. The smallest absolute Gasteiger partial charge is 0.412 e. The van der Waals surface area contributed by atoms with Crippen LogP contribution in [-0.2, 0) is 20.9 Å². The first-order valence-corrected chi connectivity index (χ1v) is 13.6. The summed E-state index contributed by atoms with van der Waals surface area (Å²) in [5, 5.41) is 15.2. The molecule has 11 nitrogen and oxygen atoms in total. The van der Waals surface area contributed by atoms with Crippen molar-refractivity contribution < 1.29 is 33.8 Å². The highest BCUT2D eigenvalue weighted by Crippen LogP contribution is 2.29. The molecule has 2 atom stereocenters. The molecule has 0 radical (unpaired) electrons. The van der Waals surface area contributed by atoms with Crippen LogP contribution in [0, 0.1) is 5.92 Å². The monoisotopic (exact) mass is 552 g/mol. The van der Waals surface area contributed by atoms with Gasteiger partial charge in [-0.15, -0.1) is 0 Å². The van der Waals surface area contributed by atoms with E-state index in [1.807, 2.05) is 30.3 Å². The molecule has 1 saturated carbocycles. The van der Waals surface area contributed by atoms with Crippen LogP contribution < -0.4 is 15.4 Å². The van der Waals surface area contributed by atoms with Crippen LogP contribution in [-0.4, -0.2) is 71.3 Å². The number of nitrogens with one attached hydrogen (secondary N) is 2. The zero-order chi connectivity index (χ0) is 28.5. The number of hydrogen-bond acceptors (Lipinski definition) is 6. The minimum Gasteiger partial charge on any atom is -0.497 e. The molecule has 1 saturated heterocycles. The number of amides is 4. The molecule has 0 aromatic heterocycles. The molecule has 1 heterocycles. The van der Waals surface area contributed by atoms with E-state index in [0.717, 1.165) is 37.7 Å². The number of methoxy groups -OCH3 is 1. The van der Waals surface area contributed by atoms with Gasteiger partial charge in [-0.1, -0.05) is 49.6 Å². The normalized spacial score (nSPS) is 18.1. The van der Waals surface area contributed by atoms with Crippen LogP contribution in [0.15, 0.2) is 54.6 Å². The number of carboxylic acid groups (broad SMARTS) is 1. The quantitative estimate of drug-likeness (QED) is 0.427. The molecule has 2 aliphatic rings. The van der Waals surface area contributed by atoms with Gasteiger partial charge in [0.1, 0.15) is 12.4 Å². The van der Waals surface area contributed by atoms with E-state index in [4.69, 9.17) is 9.47 Å². The maximum absolute atomic E-state index is 13.7. The lowest BCUT2D eigenvalue weighted by molar-refractivity contribution is -0.138. The first-order valence-electron chi connectivity index (χ1n) is 13.6. The van der Waals surface area contributed by atoms with Gasteiger partial charge >= 0.3 is 18.1 Å². The van der Waals surface area contributed by atoms with Gasteiger partial charge in [-0.2, -0.15) is 0 Å². The van der Waals surface area contributed by atoms with Crippen LogP contribution in [0.1, 0.15) is 44.1 Å². The molecule has 2 aromatic rings. The molecule has 4 amide bonds. The SMILES string of the molecule is COc1ccc(NC(=O)N2CCN(C(=O)OCc3ccccc3)C2C(=O)NC(CC(=O)O)C2CCCCC2)cc1. The number of rotatable bonds is 9. The lowest BCUT2D eigenvalue weighted by atomic mass is 9.82. The van der Waals surface area contributed by atoms with E-state index >= 15 is 0 Å². The average molecular weight is 553 g/mol. The summed E-state index contributed by atoms with van der Waals surface area (Å²) in [5.74, 6) is -1.00. The fourth-order valence-corrected chi connectivity index (χ4v) is 5.30. The molecule has 0 bridgehead atoms. The molecule has 1 aliphatic heterocycles. The van der Waals surface area contributed by atoms with Crippen LogP contribution in [0.2, 0.25) is 0 Å². The fourth-order valence-electron chi connectivity index (χ4n) is 5.30. The van der Waals surface area contributed by atoms with Crippen molar-refractivity contribution in [1.29, 1.82) is 0 Å². The maximum Gasteiger partial charge on any atom is 0.412 e. The number of urea groups is 1. The predicted octanol–water partition coefficient (Wildman–Crippen LogP) is 4.05. The zero-order valence-corrected chi connectivity index (χ0v) is 22.6. The van der Waals surface area contributed by atoms with E-state index in [-0.39, 0.29) is 32.0 Å². The Kier molecular flexibility index (Phi) is 9.82. The molecule has 2 fully saturated rings. The van der Waals surface area contributed by atoms with Crippen LogP contribution in [0.5, 0.6) is 5.75 Å². The standard InChI is InChI=1S/C29H36N4O7/c1-39-23-14-12-22(13-15-23)30-28(37)32-16-17-33(29(38)40-19-20-8-4-2-5-9-20)27(32)26(36)31-24(18-25(34)35)21-10-6-3-7-11-21/h2,4-5,8-9,12-15,21,24,27H,3,6-7,10-11,16-19H2,1H3,(H,30,37)(H,31,36)(H,34,35). The van der Waals surface area contributed by atoms with Crippen molar-refractivity contribution in [3.8, 4) is 5.75 Å². The van der Waals surface area contributed by atoms with Crippen LogP contribution in [0.3, 0.4) is 0 Å². The van der Waals surface area contributed by atoms with Gasteiger partial charge in [-0.05, 0) is 48.6 Å². The minimum absolute atomic E-state index is 0.00622. The second-order valence-electron chi connectivity index (χ2n) is 10.1. The van der Waals surface area contributed by atoms with Gasteiger partial charge in [-0.3, -0.25) is 19.4 Å². The predicted molar refractivity (Wildman–Crippen MR) is 147 cm³/mol. The highest BCUT2D eigenvalue weighted by molar-refractivity contribution is 5.95. The summed E-state index contributed by atoms with van der Waals surface area (Å²) in [4.78, 5) is 54.3. The second kappa shape index (κ2) is 13.7. The van der Waals surface area contributed by atoms with E-state index in [9.17, 15) is 24.3 Å². The largest absolute Gasteiger partial charge is 0.497 e. The van der Waals surface area contributed by atoms with Crippen molar-refractivity contribution >= 4 is 29.7 Å². The Bertz CT molecular complexity index is 1170. The van der Waals surface area contributed by atoms with E-state index in [1.54, 1.807) is 24.3 Å². The van der Waals surface area contributed by atoms with Gasteiger partial charge in [0.05, 0.1) is 13.5 Å². The van der Waals surface area contributed by atoms with E-state index in [1.165, 1.54) is 16.9 Å². The van der Waals surface area contributed by atoms with E-state index in [2.05, 4.69) is 10.6 Å². The zero-order valence-electron chi connectivity index (χ0n) is 22.6. The number of carbonyl (C=O) groups is 4. The fraction of sp³-hybridized carbons (Fsp3) is 0.448. The second-order valence-corrected chi connectivity index (χ2v) is 10.1. The third kappa shape index (κ3) is 7.43. The Morgan fingerprint density at radius 2 is 1.62 bits per heavy atom. The molecule has 2 aromatic carbocycles. The van der Waals surface area contributed by atoms with Crippen molar-refractivity contribution in [2.24, 2.45) is 5.92 Å². The van der Waals surface area contributed by atoms with Gasteiger partial charge in [0.25, 0.3) is 5.91 Å². The summed E-state index contributed by atoms with van der Waals surface area (Å²) in [5.41, 5.74) is 1.27.